The zero-order valence-corrected chi connectivity index (χ0v) is 8.97. The van der Waals surface area contributed by atoms with E-state index in [-0.39, 0.29) is 31.8 Å². The molecule has 0 amide bonds. The van der Waals surface area contributed by atoms with Crippen molar-refractivity contribution in [1.82, 2.24) is 10.2 Å². The summed E-state index contributed by atoms with van der Waals surface area (Å²) in [7, 11) is 0. The van der Waals surface area contributed by atoms with E-state index in [2.05, 4.69) is 5.32 Å². The Balaban J connectivity index is 2.36. The highest BCUT2D eigenvalue weighted by Crippen LogP contribution is 2.23. The molecule has 6 heteroatoms. The summed E-state index contributed by atoms with van der Waals surface area (Å²) < 4.78 is 42.3. The molecule has 1 aliphatic heterocycles. The molecule has 0 radical (unpaired) electrons. The van der Waals surface area contributed by atoms with E-state index in [4.69, 9.17) is 4.74 Å². The Bertz CT molecular complexity index is 196. The molecule has 0 aromatic carbocycles. The predicted octanol–water partition coefficient (Wildman–Crippen LogP) is 1.20. The summed E-state index contributed by atoms with van der Waals surface area (Å²) in [5, 5.41) is 3.07. The van der Waals surface area contributed by atoms with Crippen LogP contribution in [0.15, 0.2) is 0 Å². The highest BCUT2D eigenvalue weighted by Gasteiger charge is 2.40. The Morgan fingerprint density at radius 2 is 2.13 bits per heavy atom. The van der Waals surface area contributed by atoms with Crippen LogP contribution in [0.25, 0.3) is 0 Å². The summed E-state index contributed by atoms with van der Waals surface area (Å²) in [5.41, 5.74) is 0. The first-order valence-electron chi connectivity index (χ1n) is 5.06. The molecule has 0 aromatic heterocycles. The smallest absolute Gasteiger partial charge is 0.374 e. The van der Waals surface area contributed by atoms with Gasteiger partial charge in [0.25, 0.3) is 0 Å². The fraction of sp³-hybridized carbons (Fsp3) is 1.00. The summed E-state index contributed by atoms with van der Waals surface area (Å²) in [5.74, 6) is 0. The van der Waals surface area contributed by atoms with Crippen molar-refractivity contribution in [3.05, 3.63) is 0 Å². The predicted molar refractivity (Wildman–Crippen MR) is 50.5 cm³/mol. The number of hydrogen-bond acceptors (Lipinski definition) is 3. The molecule has 1 fully saturated rings. The summed E-state index contributed by atoms with van der Waals surface area (Å²) in [6.45, 7) is 4.35. The van der Waals surface area contributed by atoms with E-state index in [1.165, 1.54) is 0 Å². The lowest BCUT2D eigenvalue weighted by Gasteiger charge is -2.34. The van der Waals surface area contributed by atoms with Gasteiger partial charge < -0.3 is 10.1 Å². The summed E-state index contributed by atoms with van der Waals surface area (Å²) in [6.07, 6.45) is -4.61. The van der Waals surface area contributed by atoms with E-state index < -0.39 is 6.30 Å². The molecule has 3 nitrogen and oxygen atoms in total. The number of rotatable bonds is 3. The molecule has 15 heavy (non-hydrogen) atoms. The summed E-state index contributed by atoms with van der Waals surface area (Å²) in [6, 6.07) is 0.259. The molecule has 0 unspecified atom stereocenters. The first-order chi connectivity index (χ1) is 6.89. The van der Waals surface area contributed by atoms with Crippen molar-refractivity contribution >= 4 is 0 Å². The van der Waals surface area contributed by atoms with E-state index in [9.17, 15) is 13.2 Å². The molecule has 0 aliphatic carbocycles. The van der Waals surface area contributed by atoms with Gasteiger partial charge in [-0.3, -0.25) is 0 Å². The van der Waals surface area contributed by atoms with Gasteiger partial charge in [0.15, 0.2) is 0 Å². The first-order valence-corrected chi connectivity index (χ1v) is 5.06. The van der Waals surface area contributed by atoms with Gasteiger partial charge in [-0.2, -0.15) is 13.2 Å². The number of nitrogens with one attached hydrogen (secondary N) is 1. The van der Waals surface area contributed by atoms with Gasteiger partial charge in [0.1, 0.15) is 0 Å². The standard InChI is InChI=1S/C9H17F3N2O/c1-7(2)13-5-8-6-14(3-4-15-8)9(10,11)12/h7-8,13H,3-6H2,1-2H3/t8-/m1/s1. The molecular formula is C9H17F3N2O. The van der Waals surface area contributed by atoms with Gasteiger partial charge >= 0.3 is 6.30 Å². The van der Waals surface area contributed by atoms with Crippen LogP contribution in [-0.4, -0.2) is 49.6 Å². The van der Waals surface area contributed by atoms with Crippen LogP contribution >= 0.6 is 0 Å². The van der Waals surface area contributed by atoms with Crippen molar-refractivity contribution in [2.24, 2.45) is 0 Å². The topological polar surface area (TPSA) is 24.5 Å². The number of ether oxygens (including phenoxy) is 1. The molecule has 1 saturated heterocycles. The minimum Gasteiger partial charge on any atom is -0.374 e. The highest BCUT2D eigenvalue weighted by atomic mass is 19.4. The van der Waals surface area contributed by atoms with E-state index >= 15 is 0 Å². The number of nitrogens with zero attached hydrogens (tertiary/aromatic N) is 1. The quantitative estimate of drug-likeness (QED) is 0.732. The Morgan fingerprint density at radius 1 is 1.47 bits per heavy atom. The second-order valence-electron chi connectivity index (χ2n) is 3.97. The second-order valence-corrected chi connectivity index (χ2v) is 3.97. The minimum absolute atomic E-state index is 0.0678. The van der Waals surface area contributed by atoms with Crippen LogP contribution < -0.4 is 5.32 Å². The van der Waals surface area contributed by atoms with E-state index in [1.54, 1.807) is 0 Å². The van der Waals surface area contributed by atoms with Gasteiger partial charge in [-0.1, -0.05) is 13.8 Å². The lowest BCUT2D eigenvalue weighted by atomic mass is 10.2. The number of morpholine rings is 1. The van der Waals surface area contributed by atoms with Crippen LogP contribution in [-0.2, 0) is 4.74 Å². The summed E-state index contributed by atoms with van der Waals surface area (Å²) >= 11 is 0. The van der Waals surface area contributed by atoms with Crippen molar-refractivity contribution in [3.8, 4) is 0 Å². The van der Waals surface area contributed by atoms with Crippen molar-refractivity contribution in [3.63, 3.8) is 0 Å². The van der Waals surface area contributed by atoms with Crippen LogP contribution in [0.5, 0.6) is 0 Å². The van der Waals surface area contributed by atoms with Crippen LogP contribution in [0.2, 0.25) is 0 Å². The van der Waals surface area contributed by atoms with E-state index in [0.29, 0.717) is 11.4 Å². The fourth-order valence-corrected chi connectivity index (χ4v) is 1.44. The monoisotopic (exact) mass is 226 g/mol. The maximum atomic E-state index is 12.4. The minimum atomic E-state index is -4.24. The average molecular weight is 226 g/mol. The second kappa shape index (κ2) is 5.14. The molecule has 1 aliphatic rings. The lowest BCUT2D eigenvalue weighted by Crippen LogP contribution is -2.52. The lowest BCUT2D eigenvalue weighted by molar-refractivity contribution is -0.266. The molecule has 0 aromatic rings. The van der Waals surface area contributed by atoms with Crippen molar-refractivity contribution < 1.29 is 17.9 Å². The van der Waals surface area contributed by atoms with Crippen LogP contribution in [0.1, 0.15) is 13.8 Å². The Labute approximate surface area is 87.6 Å². The van der Waals surface area contributed by atoms with Gasteiger partial charge in [-0.25, -0.2) is 4.90 Å². The molecule has 0 saturated carbocycles. The molecule has 0 spiro atoms. The largest absolute Gasteiger partial charge is 0.460 e. The third-order valence-electron chi connectivity index (χ3n) is 2.25. The number of hydrogen-bond donors (Lipinski definition) is 1. The van der Waals surface area contributed by atoms with Crippen LogP contribution in [0.3, 0.4) is 0 Å². The van der Waals surface area contributed by atoms with Crippen molar-refractivity contribution in [2.45, 2.75) is 32.3 Å². The van der Waals surface area contributed by atoms with Crippen LogP contribution in [0.4, 0.5) is 13.2 Å². The SMILES string of the molecule is CC(C)NC[C@@H]1CN(C(F)(F)F)CCO1. The van der Waals surface area contributed by atoms with E-state index in [1.807, 2.05) is 13.8 Å². The van der Waals surface area contributed by atoms with Gasteiger partial charge in [-0.15, -0.1) is 0 Å². The maximum absolute atomic E-state index is 12.4. The molecule has 1 N–H and O–H groups in total. The molecular weight excluding hydrogens is 209 g/mol. The molecule has 1 rings (SSSR count). The van der Waals surface area contributed by atoms with Crippen molar-refractivity contribution in [2.75, 3.05) is 26.2 Å². The molecule has 1 atom stereocenters. The van der Waals surface area contributed by atoms with Gasteiger partial charge in [0.05, 0.1) is 12.7 Å². The molecule has 90 valence electrons. The third kappa shape index (κ3) is 4.36. The van der Waals surface area contributed by atoms with Gasteiger partial charge in [-0.05, 0) is 0 Å². The highest BCUT2D eigenvalue weighted by molar-refractivity contribution is 4.75. The number of alkyl halides is 3. The Kier molecular flexibility index (Phi) is 4.36. The molecule has 0 bridgehead atoms. The molecule has 1 heterocycles. The zero-order valence-electron chi connectivity index (χ0n) is 8.97. The first kappa shape index (κ1) is 12.7. The third-order valence-corrected chi connectivity index (χ3v) is 2.25. The maximum Gasteiger partial charge on any atom is 0.460 e. The normalized spacial score (nSPS) is 24.8. The van der Waals surface area contributed by atoms with Crippen molar-refractivity contribution in [1.29, 1.82) is 0 Å². The Hall–Kier alpha value is -0.330. The van der Waals surface area contributed by atoms with E-state index in [0.717, 1.165) is 0 Å². The zero-order chi connectivity index (χ0) is 11.5. The van der Waals surface area contributed by atoms with Gasteiger partial charge in [0.2, 0.25) is 0 Å². The average Bonchev–Trinajstić information content (AvgIpc) is 2.14. The van der Waals surface area contributed by atoms with Crippen LogP contribution in [0, 0.1) is 0 Å². The fourth-order valence-electron chi connectivity index (χ4n) is 1.44. The summed E-state index contributed by atoms with van der Waals surface area (Å²) in [4.78, 5) is 0.503. The number of halogens is 3. The Morgan fingerprint density at radius 3 is 2.67 bits per heavy atom. The van der Waals surface area contributed by atoms with Gasteiger partial charge in [0, 0.05) is 25.7 Å².